The lowest BCUT2D eigenvalue weighted by Gasteiger charge is -2.30. The van der Waals surface area contributed by atoms with Gasteiger partial charge in [-0.25, -0.2) is 9.97 Å². The van der Waals surface area contributed by atoms with Gasteiger partial charge in [-0.3, -0.25) is 9.59 Å². The third-order valence-corrected chi connectivity index (χ3v) is 6.12. The molecule has 1 fully saturated rings. The van der Waals surface area contributed by atoms with Gasteiger partial charge in [-0.15, -0.1) is 0 Å². The second-order valence-corrected chi connectivity index (χ2v) is 9.40. The normalized spacial score (nSPS) is 18.4. The van der Waals surface area contributed by atoms with Gasteiger partial charge in [0.25, 0.3) is 5.91 Å². The third-order valence-electron chi connectivity index (χ3n) is 6.12. The lowest BCUT2D eigenvalue weighted by molar-refractivity contribution is -0.129. The van der Waals surface area contributed by atoms with Crippen molar-refractivity contribution < 1.29 is 14.7 Å². The lowest BCUT2D eigenvalue weighted by Crippen LogP contribution is -2.46. The Morgan fingerprint density at radius 3 is 2.39 bits per heavy atom. The lowest BCUT2D eigenvalue weighted by atomic mass is 9.91. The zero-order valence-corrected chi connectivity index (χ0v) is 20.5. The highest BCUT2D eigenvalue weighted by atomic mass is 16.3. The first kappa shape index (κ1) is 25.1. The minimum atomic E-state index is -1.03. The molecular formula is C25H30N8O3. The molecule has 0 aromatic carbocycles. The number of pyridine rings is 2. The molecule has 0 spiro atoms. The number of hydrogen-bond acceptors (Lipinski definition) is 8. The van der Waals surface area contributed by atoms with Gasteiger partial charge in [-0.1, -0.05) is 0 Å². The van der Waals surface area contributed by atoms with Crippen LogP contribution in [0.15, 0.2) is 30.7 Å². The quantitative estimate of drug-likeness (QED) is 0.392. The van der Waals surface area contributed by atoms with Crippen LogP contribution in [0, 0.1) is 11.3 Å². The molecule has 1 atom stereocenters. The Balaban J connectivity index is 1.50. The summed E-state index contributed by atoms with van der Waals surface area (Å²) < 4.78 is 1.58. The van der Waals surface area contributed by atoms with E-state index in [0.29, 0.717) is 28.3 Å². The van der Waals surface area contributed by atoms with Gasteiger partial charge in [-0.05, 0) is 52.5 Å². The Hall–Kier alpha value is -4.04. The number of anilines is 1. The predicted molar refractivity (Wildman–Crippen MR) is 133 cm³/mol. The molecule has 36 heavy (non-hydrogen) atoms. The number of carbonyl (C=O) groups is 2. The van der Waals surface area contributed by atoms with Crippen LogP contribution in [-0.4, -0.2) is 60.9 Å². The zero-order chi connectivity index (χ0) is 25.8. The van der Waals surface area contributed by atoms with Crippen molar-refractivity contribution in [1.29, 1.82) is 5.26 Å². The first-order chi connectivity index (χ1) is 17.2. The molecule has 4 rings (SSSR count). The van der Waals surface area contributed by atoms with E-state index in [4.69, 9.17) is 5.26 Å². The van der Waals surface area contributed by atoms with Crippen LogP contribution in [0.5, 0.6) is 0 Å². The van der Waals surface area contributed by atoms with E-state index in [1.165, 1.54) is 19.3 Å². The number of nitrogens with zero attached hydrogens (tertiary/aromatic N) is 5. The van der Waals surface area contributed by atoms with Gasteiger partial charge in [0, 0.05) is 42.0 Å². The molecule has 11 nitrogen and oxygen atoms in total. The van der Waals surface area contributed by atoms with Crippen LogP contribution in [0.4, 0.5) is 5.69 Å². The fourth-order valence-corrected chi connectivity index (χ4v) is 4.29. The van der Waals surface area contributed by atoms with Gasteiger partial charge >= 0.3 is 0 Å². The standard InChI is InChI=1S/C25H30N8O3/c1-14(2)30-21-9-22(33-23-17(12-29-33)8-16(10-26)11-28-23)27-13-20(21)25(36)32-19-6-4-18(5-7-19)31-24(35)15(3)34/h8-9,11-15,18-19,34H,4-7H2,1-3H3,(H,27,30)(H,31,35)(H,32,36)/t15-,18?,19?/m0/s1. The molecule has 1 saturated carbocycles. The first-order valence-electron chi connectivity index (χ1n) is 12.0. The van der Waals surface area contributed by atoms with Gasteiger partial charge < -0.3 is 21.1 Å². The van der Waals surface area contributed by atoms with E-state index in [1.807, 2.05) is 13.8 Å². The van der Waals surface area contributed by atoms with Gasteiger partial charge in [-0.2, -0.15) is 15.0 Å². The molecule has 1 aliphatic carbocycles. The highest BCUT2D eigenvalue weighted by Crippen LogP contribution is 2.24. The number of amides is 2. The van der Waals surface area contributed by atoms with E-state index in [2.05, 4.69) is 37.1 Å². The summed E-state index contributed by atoms with van der Waals surface area (Å²) in [5.41, 5.74) is 2.06. The molecule has 0 aliphatic heterocycles. The van der Waals surface area contributed by atoms with Crippen LogP contribution >= 0.6 is 0 Å². The molecular weight excluding hydrogens is 460 g/mol. The van der Waals surface area contributed by atoms with Crippen LogP contribution in [-0.2, 0) is 4.79 Å². The summed E-state index contributed by atoms with van der Waals surface area (Å²) in [6.45, 7) is 5.41. The summed E-state index contributed by atoms with van der Waals surface area (Å²) in [5, 5.41) is 32.9. The first-order valence-corrected chi connectivity index (χ1v) is 12.0. The summed E-state index contributed by atoms with van der Waals surface area (Å²) in [6, 6.07) is 5.61. The highest BCUT2D eigenvalue weighted by molar-refractivity contribution is 5.99. The minimum Gasteiger partial charge on any atom is -0.384 e. The van der Waals surface area contributed by atoms with Crippen molar-refractivity contribution in [3.63, 3.8) is 0 Å². The van der Waals surface area contributed by atoms with E-state index < -0.39 is 6.10 Å². The van der Waals surface area contributed by atoms with Crippen LogP contribution in [0.25, 0.3) is 16.9 Å². The molecule has 2 amide bonds. The second-order valence-electron chi connectivity index (χ2n) is 9.40. The number of nitrogens with one attached hydrogen (secondary N) is 3. The Labute approximate surface area is 208 Å². The maximum Gasteiger partial charge on any atom is 0.255 e. The molecule has 11 heteroatoms. The largest absolute Gasteiger partial charge is 0.384 e. The predicted octanol–water partition coefficient (Wildman–Crippen LogP) is 2.05. The number of rotatable bonds is 7. The average Bonchev–Trinajstić information content (AvgIpc) is 3.27. The Bertz CT molecular complexity index is 1300. The number of hydrogen-bond donors (Lipinski definition) is 4. The maximum absolute atomic E-state index is 13.2. The number of aromatic nitrogens is 4. The van der Waals surface area contributed by atoms with Crippen molar-refractivity contribution in [3.8, 4) is 11.9 Å². The van der Waals surface area contributed by atoms with Gasteiger partial charge in [0.05, 0.1) is 23.0 Å². The molecule has 3 aromatic heterocycles. The summed E-state index contributed by atoms with van der Waals surface area (Å²) in [4.78, 5) is 33.7. The third kappa shape index (κ3) is 5.60. The summed E-state index contributed by atoms with van der Waals surface area (Å²) in [5.74, 6) is -0.101. The number of aliphatic hydroxyl groups is 1. The number of aliphatic hydroxyl groups excluding tert-OH is 1. The van der Waals surface area contributed by atoms with Crippen molar-refractivity contribution >= 4 is 28.5 Å². The monoisotopic (exact) mass is 490 g/mol. The van der Waals surface area contributed by atoms with Crippen molar-refractivity contribution in [2.45, 2.75) is 70.7 Å². The van der Waals surface area contributed by atoms with Crippen molar-refractivity contribution in [2.75, 3.05) is 5.32 Å². The van der Waals surface area contributed by atoms with E-state index in [0.717, 1.165) is 31.1 Å². The smallest absolute Gasteiger partial charge is 0.255 e. The fraction of sp³-hybridized carbons (Fsp3) is 0.440. The van der Waals surface area contributed by atoms with Gasteiger partial charge in [0.1, 0.15) is 12.2 Å². The zero-order valence-electron chi connectivity index (χ0n) is 20.5. The molecule has 0 radical (unpaired) electrons. The Morgan fingerprint density at radius 2 is 1.75 bits per heavy atom. The van der Waals surface area contributed by atoms with Crippen molar-refractivity contribution in [1.82, 2.24) is 30.4 Å². The highest BCUT2D eigenvalue weighted by Gasteiger charge is 2.26. The van der Waals surface area contributed by atoms with Crippen LogP contribution in [0.1, 0.15) is 62.4 Å². The fourth-order valence-electron chi connectivity index (χ4n) is 4.29. The number of nitriles is 1. The molecule has 188 valence electrons. The molecule has 0 saturated heterocycles. The Morgan fingerprint density at radius 1 is 1.06 bits per heavy atom. The maximum atomic E-state index is 13.2. The molecule has 0 unspecified atom stereocenters. The topological polar surface area (TPSA) is 158 Å². The van der Waals surface area contributed by atoms with Crippen LogP contribution in [0.2, 0.25) is 0 Å². The average molecular weight is 491 g/mol. The van der Waals surface area contributed by atoms with Crippen LogP contribution < -0.4 is 16.0 Å². The Kier molecular flexibility index (Phi) is 7.45. The molecule has 3 heterocycles. The van der Waals surface area contributed by atoms with Crippen molar-refractivity contribution in [2.24, 2.45) is 0 Å². The number of fused-ring (bicyclic) bond motifs is 1. The molecule has 3 aromatic rings. The molecule has 4 N–H and O–H groups in total. The van der Waals surface area contributed by atoms with E-state index in [1.54, 1.807) is 23.0 Å². The summed E-state index contributed by atoms with van der Waals surface area (Å²) >= 11 is 0. The molecule has 1 aliphatic rings. The summed E-state index contributed by atoms with van der Waals surface area (Å²) in [7, 11) is 0. The number of carbonyl (C=O) groups excluding carboxylic acids is 2. The SMILES string of the molecule is CC(C)Nc1cc(-n2ncc3cc(C#N)cnc32)ncc1C(=O)NC1CCC(NC(=O)[C@H](C)O)CC1. The second kappa shape index (κ2) is 10.7. The summed E-state index contributed by atoms with van der Waals surface area (Å²) in [6.07, 6.45) is 6.52. The van der Waals surface area contributed by atoms with Crippen LogP contribution in [0.3, 0.4) is 0 Å². The molecule has 0 bridgehead atoms. The minimum absolute atomic E-state index is 0.00103. The van der Waals surface area contributed by atoms with E-state index in [9.17, 15) is 14.7 Å². The van der Waals surface area contributed by atoms with Gasteiger partial charge in [0.2, 0.25) is 5.91 Å². The van der Waals surface area contributed by atoms with Gasteiger partial charge in [0.15, 0.2) is 11.5 Å². The van der Waals surface area contributed by atoms with E-state index in [-0.39, 0.29) is 29.9 Å². The van der Waals surface area contributed by atoms with E-state index >= 15 is 0 Å². The van der Waals surface area contributed by atoms with Crippen molar-refractivity contribution in [3.05, 3.63) is 41.9 Å².